The molecule has 1 aliphatic heterocycles. The van der Waals surface area contributed by atoms with Gasteiger partial charge in [-0.25, -0.2) is 0 Å². The smallest absolute Gasteiger partial charge is 0.135 e. The van der Waals surface area contributed by atoms with E-state index in [2.05, 4.69) is 170 Å². The molecule has 0 unspecified atom stereocenters. The lowest BCUT2D eigenvalue weighted by Gasteiger charge is -2.22. The van der Waals surface area contributed by atoms with Crippen LogP contribution in [0, 0.1) is 0 Å². The fourth-order valence-electron chi connectivity index (χ4n) is 8.51. The van der Waals surface area contributed by atoms with E-state index < -0.39 is 0 Å². The van der Waals surface area contributed by atoms with Gasteiger partial charge >= 0.3 is 0 Å². The van der Waals surface area contributed by atoms with Crippen LogP contribution in [0.3, 0.4) is 0 Å². The highest BCUT2D eigenvalue weighted by atomic mass is 16.5. The van der Waals surface area contributed by atoms with Crippen LogP contribution in [0.2, 0.25) is 0 Å². The van der Waals surface area contributed by atoms with Crippen molar-refractivity contribution in [3.8, 4) is 44.9 Å². The minimum absolute atomic E-state index is 0.900. The Hall–Kier alpha value is -6.44. The zero-order valence-electron chi connectivity index (χ0n) is 26.6. The number of fused-ring (bicyclic) bond motifs is 10. The molecule has 0 amide bonds. The van der Waals surface area contributed by atoms with Gasteiger partial charge in [0.05, 0.1) is 0 Å². The van der Waals surface area contributed by atoms with E-state index in [9.17, 15) is 0 Å². The number of hydrogen-bond acceptors (Lipinski definition) is 1. The van der Waals surface area contributed by atoms with Crippen LogP contribution in [0.1, 0.15) is 0 Å². The van der Waals surface area contributed by atoms with Crippen molar-refractivity contribution in [2.24, 2.45) is 0 Å². The molecule has 0 N–H and O–H groups in total. The molecule has 0 spiro atoms. The maximum atomic E-state index is 6.45. The summed E-state index contributed by atoms with van der Waals surface area (Å²) in [6.45, 7) is 0. The lowest BCUT2D eigenvalue weighted by Crippen LogP contribution is -1.97. The van der Waals surface area contributed by atoms with Crippen molar-refractivity contribution in [3.63, 3.8) is 0 Å². The molecule has 1 nitrogen and oxygen atoms in total. The molecule has 0 bridgehead atoms. The first-order chi connectivity index (χ1) is 24.3. The average Bonchev–Trinajstić information content (AvgIpc) is 3.17. The van der Waals surface area contributed by atoms with Gasteiger partial charge in [-0.05, 0) is 111 Å². The molecule has 0 aliphatic carbocycles. The SMILES string of the molecule is c1ccc2c(-c3ccc(-c4ccc5c(c4)-c4cccc6cccc(c46)O5)c4ccccc34)c3c4ccccc4c4ccccc4c3cc2c1. The molecule has 1 heterocycles. The second-order valence-corrected chi connectivity index (χ2v) is 13.2. The van der Waals surface area contributed by atoms with Crippen LogP contribution in [-0.4, -0.2) is 0 Å². The van der Waals surface area contributed by atoms with Gasteiger partial charge < -0.3 is 4.74 Å². The van der Waals surface area contributed by atoms with Gasteiger partial charge in [-0.15, -0.1) is 0 Å². The second-order valence-electron chi connectivity index (χ2n) is 13.2. The molecule has 0 fully saturated rings. The molecule has 49 heavy (non-hydrogen) atoms. The molecule has 226 valence electrons. The Labute approximate surface area is 283 Å². The Morgan fingerprint density at radius 2 is 0.878 bits per heavy atom. The van der Waals surface area contributed by atoms with Crippen molar-refractivity contribution in [3.05, 3.63) is 170 Å². The van der Waals surface area contributed by atoms with Gasteiger partial charge in [0.1, 0.15) is 11.5 Å². The van der Waals surface area contributed by atoms with Gasteiger partial charge in [-0.3, -0.25) is 0 Å². The van der Waals surface area contributed by atoms with Gasteiger partial charge in [0.25, 0.3) is 0 Å². The molecular formula is C48H28O. The van der Waals surface area contributed by atoms with E-state index in [1.54, 1.807) is 0 Å². The molecule has 10 aromatic carbocycles. The monoisotopic (exact) mass is 620 g/mol. The highest BCUT2D eigenvalue weighted by molar-refractivity contribution is 6.33. The zero-order chi connectivity index (χ0) is 32.1. The van der Waals surface area contributed by atoms with Crippen molar-refractivity contribution in [1.29, 1.82) is 0 Å². The molecule has 1 aliphatic rings. The van der Waals surface area contributed by atoms with Crippen LogP contribution in [-0.2, 0) is 0 Å². The number of benzene rings is 10. The summed E-state index contributed by atoms with van der Waals surface area (Å²) >= 11 is 0. The van der Waals surface area contributed by atoms with Gasteiger partial charge in [-0.1, -0.05) is 146 Å². The lowest BCUT2D eigenvalue weighted by molar-refractivity contribution is 0.487. The quantitative estimate of drug-likeness (QED) is 0.138. The van der Waals surface area contributed by atoms with E-state index in [0.717, 1.165) is 17.1 Å². The van der Waals surface area contributed by atoms with E-state index >= 15 is 0 Å². The summed E-state index contributed by atoms with van der Waals surface area (Å²) in [5.74, 6) is 1.82. The molecule has 11 rings (SSSR count). The molecular weight excluding hydrogens is 593 g/mol. The van der Waals surface area contributed by atoms with E-state index in [0.29, 0.717) is 0 Å². The maximum Gasteiger partial charge on any atom is 0.135 e. The Bertz CT molecular complexity index is 3020. The maximum absolute atomic E-state index is 6.45. The van der Waals surface area contributed by atoms with Gasteiger partial charge in [0, 0.05) is 10.9 Å². The highest BCUT2D eigenvalue weighted by Gasteiger charge is 2.22. The number of ether oxygens (including phenoxy) is 1. The summed E-state index contributed by atoms with van der Waals surface area (Å²) in [4.78, 5) is 0. The van der Waals surface area contributed by atoms with Crippen LogP contribution < -0.4 is 4.74 Å². The summed E-state index contributed by atoms with van der Waals surface area (Å²) in [5.41, 5.74) is 7.29. The molecule has 0 aromatic heterocycles. The average molecular weight is 621 g/mol. The van der Waals surface area contributed by atoms with Crippen molar-refractivity contribution in [1.82, 2.24) is 0 Å². The van der Waals surface area contributed by atoms with Crippen molar-refractivity contribution in [2.75, 3.05) is 0 Å². The van der Waals surface area contributed by atoms with Crippen LogP contribution in [0.25, 0.3) is 98.0 Å². The highest BCUT2D eigenvalue weighted by Crippen LogP contribution is 2.50. The predicted molar refractivity (Wildman–Crippen MR) is 208 cm³/mol. The third-order valence-electron chi connectivity index (χ3n) is 10.6. The standard InChI is InChI=1S/C48H28O/c1-2-14-33-30(11-1)28-43-38-19-6-4-16-35(38)37-18-7-8-20-39(37)48(43)47(33)41-25-24-32(34-15-3-5-17-36(34)41)31-23-26-44-42(27-31)40-21-9-12-29-13-10-22-45(49-44)46(29)40/h1-28H. The first kappa shape index (κ1) is 26.6. The Balaban J connectivity index is 1.21. The summed E-state index contributed by atoms with van der Waals surface area (Å²) in [6, 6.07) is 62.1. The van der Waals surface area contributed by atoms with E-state index in [-0.39, 0.29) is 0 Å². The Morgan fingerprint density at radius 1 is 0.286 bits per heavy atom. The molecule has 0 atom stereocenters. The second kappa shape index (κ2) is 10.0. The zero-order valence-corrected chi connectivity index (χ0v) is 26.6. The van der Waals surface area contributed by atoms with Crippen LogP contribution in [0.4, 0.5) is 0 Å². The molecule has 1 heteroatoms. The fourth-order valence-corrected chi connectivity index (χ4v) is 8.51. The largest absolute Gasteiger partial charge is 0.456 e. The number of rotatable bonds is 2. The van der Waals surface area contributed by atoms with Crippen LogP contribution >= 0.6 is 0 Å². The fraction of sp³-hybridized carbons (Fsp3) is 0. The van der Waals surface area contributed by atoms with Gasteiger partial charge in [0.2, 0.25) is 0 Å². The minimum atomic E-state index is 0.900. The van der Waals surface area contributed by atoms with Crippen molar-refractivity contribution >= 4 is 64.6 Å². The van der Waals surface area contributed by atoms with E-state index in [1.165, 1.54) is 92.5 Å². The summed E-state index contributed by atoms with van der Waals surface area (Å²) < 4.78 is 6.45. The molecule has 0 radical (unpaired) electrons. The predicted octanol–water partition coefficient (Wildman–Crippen LogP) is 13.7. The minimum Gasteiger partial charge on any atom is -0.456 e. The lowest BCUT2D eigenvalue weighted by atomic mass is 9.83. The molecule has 0 saturated heterocycles. The first-order valence-corrected chi connectivity index (χ1v) is 16.9. The summed E-state index contributed by atoms with van der Waals surface area (Å²) in [6.07, 6.45) is 0. The third kappa shape index (κ3) is 3.76. The van der Waals surface area contributed by atoms with Gasteiger partial charge in [-0.2, -0.15) is 0 Å². The first-order valence-electron chi connectivity index (χ1n) is 16.9. The van der Waals surface area contributed by atoms with E-state index in [4.69, 9.17) is 4.74 Å². The normalized spacial score (nSPS) is 12.2. The van der Waals surface area contributed by atoms with Crippen molar-refractivity contribution in [2.45, 2.75) is 0 Å². The van der Waals surface area contributed by atoms with Gasteiger partial charge in [0.15, 0.2) is 0 Å². The Kier molecular flexibility index (Phi) is 5.45. The third-order valence-corrected chi connectivity index (χ3v) is 10.6. The van der Waals surface area contributed by atoms with E-state index in [1.807, 2.05) is 0 Å². The molecule has 0 saturated carbocycles. The number of hydrogen-bond donors (Lipinski definition) is 0. The van der Waals surface area contributed by atoms with Crippen LogP contribution in [0.5, 0.6) is 11.5 Å². The summed E-state index contributed by atoms with van der Waals surface area (Å²) in [5, 5.41) is 15.1. The Morgan fingerprint density at radius 3 is 1.67 bits per heavy atom. The molecule has 10 aromatic rings. The van der Waals surface area contributed by atoms with Crippen LogP contribution in [0.15, 0.2) is 170 Å². The van der Waals surface area contributed by atoms with Crippen molar-refractivity contribution < 1.29 is 4.74 Å². The summed E-state index contributed by atoms with van der Waals surface area (Å²) in [7, 11) is 0. The topological polar surface area (TPSA) is 9.23 Å².